The first-order valence-corrected chi connectivity index (χ1v) is 7.14. The van der Waals surface area contributed by atoms with Gasteiger partial charge in [-0.25, -0.2) is 8.42 Å². The minimum atomic E-state index is -2.79. The van der Waals surface area contributed by atoms with Crippen LogP contribution < -0.4 is 5.73 Å². The Hall–Kier alpha value is -0.350. The molecule has 1 rings (SSSR count). The van der Waals surface area contributed by atoms with E-state index in [9.17, 15) is 8.42 Å². The van der Waals surface area contributed by atoms with Gasteiger partial charge < -0.3 is 5.73 Å². The Balaban J connectivity index is 2.26. The summed E-state index contributed by atoms with van der Waals surface area (Å²) in [7, 11) is -2.79. The van der Waals surface area contributed by atoms with Gasteiger partial charge in [0.2, 0.25) is 0 Å². The largest absolute Gasteiger partial charge is 0.327 e. The second-order valence-corrected chi connectivity index (χ2v) is 6.39. The van der Waals surface area contributed by atoms with Crippen LogP contribution in [-0.2, 0) is 9.84 Å². The third-order valence-electron chi connectivity index (χ3n) is 2.56. The lowest BCUT2D eigenvalue weighted by Crippen LogP contribution is -2.21. The van der Waals surface area contributed by atoms with E-state index in [2.05, 4.69) is 6.08 Å². The number of sulfone groups is 1. The summed E-state index contributed by atoms with van der Waals surface area (Å²) < 4.78 is 21.8. The molecule has 0 saturated carbocycles. The first-order chi connectivity index (χ1) is 6.47. The van der Waals surface area contributed by atoms with E-state index in [0.717, 1.165) is 32.1 Å². The number of hydrogen-bond donors (Lipinski definition) is 1. The van der Waals surface area contributed by atoms with Gasteiger partial charge in [-0.3, -0.25) is 0 Å². The molecule has 0 radical (unpaired) electrons. The number of rotatable bonds is 4. The Kier molecular flexibility index (Phi) is 4.13. The van der Waals surface area contributed by atoms with Crippen LogP contribution in [0.3, 0.4) is 0 Å². The van der Waals surface area contributed by atoms with Crippen LogP contribution in [-0.4, -0.2) is 26.5 Å². The molecule has 14 heavy (non-hydrogen) atoms. The minimum Gasteiger partial charge on any atom is -0.327 e. The number of allylic oxidation sites excluding steroid dienone is 1. The van der Waals surface area contributed by atoms with E-state index in [-0.39, 0.29) is 0 Å². The molecule has 0 aromatic rings. The summed E-state index contributed by atoms with van der Waals surface area (Å²) >= 11 is 0. The molecule has 0 aliphatic heterocycles. The third-order valence-corrected chi connectivity index (χ3v) is 3.59. The van der Waals surface area contributed by atoms with Gasteiger partial charge in [-0.2, -0.15) is 0 Å². The summed E-state index contributed by atoms with van der Waals surface area (Å²) in [5, 5.41) is 0. The van der Waals surface area contributed by atoms with Crippen LogP contribution >= 0.6 is 0 Å². The van der Waals surface area contributed by atoms with Gasteiger partial charge in [0.05, 0.1) is 5.75 Å². The molecule has 4 heteroatoms. The molecular formula is C10H19NO2S. The second-order valence-electron chi connectivity index (χ2n) is 4.13. The highest BCUT2D eigenvalue weighted by atomic mass is 32.2. The van der Waals surface area contributed by atoms with Crippen molar-refractivity contribution < 1.29 is 8.42 Å². The fourth-order valence-electron chi connectivity index (χ4n) is 1.70. The van der Waals surface area contributed by atoms with Crippen molar-refractivity contribution in [3.05, 3.63) is 11.6 Å². The SMILES string of the molecule is CS(=O)(=O)CCCC1=CCC(N)CC1. The van der Waals surface area contributed by atoms with Crippen molar-refractivity contribution in [2.75, 3.05) is 12.0 Å². The van der Waals surface area contributed by atoms with E-state index in [4.69, 9.17) is 5.73 Å². The second kappa shape index (κ2) is 4.94. The molecule has 0 fully saturated rings. The van der Waals surface area contributed by atoms with Gasteiger partial charge in [0.1, 0.15) is 9.84 Å². The molecule has 0 saturated heterocycles. The number of nitrogens with two attached hydrogens (primary N) is 1. The Morgan fingerprint density at radius 1 is 1.57 bits per heavy atom. The van der Waals surface area contributed by atoms with Crippen LogP contribution in [0.15, 0.2) is 11.6 Å². The van der Waals surface area contributed by atoms with E-state index in [0.29, 0.717) is 11.8 Å². The Morgan fingerprint density at radius 3 is 2.79 bits per heavy atom. The molecule has 1 aliphatic carbocycles. The lowest BCUT2D eigenvalue weighted by molar-refractivity contribution is 0.573. The maximum Gasteiger partial charge on any atom is 0.147 e. The average Bonchev–Trinajstić information content (AvgIpc) is 2.06. The molecule has 1 unspecified atom stereocenters. The van der Waals surface area contributed by atoms with Crippen molar-refractivity contribution in [1.29, 1.82) is 0 Å². The summed E-state index contributed by atoms with van der Waals surface area (Å²) in [5.74, 6) is 0.302. The summed E-state index contributed by atoms with van der Waals surface area (Å²) in [6.45, 7) is 0. The van der Waals surface area contributed by atoms with Gasteiger partial charge >= 0.3 is 0 Å². The van der Waals surface area contributed by atoms with Gasteiger partial charge in [0.15, 0.2) is 0 Å². The van der Waals surface area contributed by atoms with Crippen molar-refractivity contribution in [3.63, 3.8) is 0 Å². The fourth-order valence-corrected chi connectivity index (χ4v) is 2.37. The lowest BCUT2D eigenvalue weighted by atomic mass is 9.93. The maximum atomic E-state index is 10.9. The lowest BCUT2D eigenvalue weighted by Gasteiger charge is -2.17. The standard InChI is InChI=1S/C10H19NO2S/c1-14(12,13)8-2-3-9-4-6-10(11)7-5-9/h4,10H,2-3,5-8,11H2,1H3. The molecule has 0 aromatic carbocycles. The van der Waals surface area contributed by atoms with E-state index in [1.165, 1.54) is 11.8 Å². The summed E-state index contributed by atoms with van der Waals surface area (Å²) in [4.78, 5) is 0. The monoisotopic (exact) mass is 217 g/mol. The molecule has 1 atom stereocenters. The molecule has 3 nitrogen and oxygen atoms in total. The first-order valence-electron chi connectivity index (χ1n) is 5.08. The number of hydrogen-bond acceptors (Lipinski definition) is 3. The van der Waals surface area contributed by atoms with E-state index < -0.39 is 9.84 Å². The normalized spacial score (nSPS) is 23.3. The molecular weight excluding hydrogens is 198 g/mol. The molecule has 82 valence electrons. The van der Waals surface area contributed by atoms with Gasteiger partial charge in [0, 0.05) is 12.3 Å². The zero-order valence-electron chi connectivity index (χ0n) is 8.70. The average molecular weight is 217 g/mol. The first kappa shape index (κ1) is 11.7. The van der Waals surface area contributed by atoms with Crippen LogP contribution in [0.4, 0.5) is 0 Å². The quantitative estimate of drug-likeness (QED) is 0.721. The predicted octanol–water partition coefficient (Wildman–Crippen LogP) is 1.25. The minimum absolute atomic E-state index is 0.302. The molecule has 0 heterocycles. The topological polar surface area (TPSA) is 60.2 Å². The van der Waals surface area contributed by atoms with Crippen LogP contribution in [0.25, 0.3) is 0 Å². The van der Waals surface area contributed by atoms with Crippen molar-refractivity contribution >= 4 is 9.84 Å². The molecule has 0 spiro atoms. The zero-order chi connectivity index (χ0) is 10.6. The van der Waals surface area contributed by atoms with Gasteiger partial charge in [0.25, 0.3) is 0 Å². The van der Waals surface area contributed by atoms with Crippen molar-refractivity contribution in [3.8, 4) is 0 Å². The van der Waals surface area contributed by atoms with Crippen LogP contribution in [0.2, 0.25) is 0 Å². The van der Waals surface area contributed by atoms with Crippen molar-refractivity contribution in [2.24, 2.45) is 5.73 Å². The summed E-state index contributed by atoms with van der Waals surface area (Å²) in [5.41, 5.74) is 7.14. The smallest absolute Gasteiger partial charge is 0.147 e. The zero-order valence-corrected chi connectivity index (χ0v) is 9.52. The van der Waals surface area contributed by atoms with Gasteiger partial charge in [-0.1, -0.05) is 11.6 Å². The molecule has 2 N–H and O–H groups in total. The maximum absolute atomic E-state index is 10.9. The third kappa shape index (κ3) is 4.77. The molecule has 1 aliphatic rings. The molecule has 0 amide bonds. The van der Waals surface area contributed by atoms with E-state index >= 15 is 0 Å². The fraction of sp³-hybridized carbons (Fsp3) is 0.800. The van der Waals surface area contributed by atoms with Gasteiger partial charge in [-0.05, 0) is 32.1 Å². The molecule has 0 bridgehead atoms. The predicted molar refractivity (Wildman–Crippen MR) is 58.9 cm³/mol. The Morgan fingerprint density at radius 2 is 2.29 bits per heavy atom. The van der Waals surface area contributed by atoms with Crippen molar-refractivity contribution in [1.82, 2.24) is 0 Å². The van der Waals surface area contributed by atoms with E-state index in [1.54, 1.807) is 0 Å². The highest BCUT2D eigenvalue weighted by Crippen LogP contribution is 2.20. The van der Waals surface area contributed by atoms with Crippen LogP contribution in [0.1, 0.15) is 32.1 Å². The summed E-state index contributed by atoms with van der Waals surface area (Å²) in [6, 6.07) is 0.314. The van der Waals surface area contributed by atoms with Gasteiger partial charge in [-0.15, -0.1) is 0 Å². The Bertz CT molecular complexity index is 306. The Labute approximate surface area is 86.3 Å². The molecule has 0 aromatic heterocycles. The highest BCUT2D eigenvalue weighted by molar-refractivity contribution is 7.90. The van der Waals surface area contributed by atoms with Crippen LogP contribution in [0, 0.1) is 0 Å². The van der Waals surface area contributed by atoms with E-state index in [1.807, 2.05) is 0 Å². The van der Waals surface area contributed by atoms with Crippen LogP contribution in [0.5, 0.6) is 0 Å². The highest BCUT2D eigenvalue weighted by Gasteiger charge is 2.10. The summed E-state index contributed by atoms with van der Waals surface area (Å²) in [6.07, 6.45) is 8.18. The van der Waals surface area contributed by atoms with Crippen molar-refractivity contribution in [2.45, 2.75) is 38.1 Å².